The van der Waals surface area contributed by atoms with E-state index in [9.17, 15) is 0 Å². The number of aromatic nitrogens is 2. The molecule has 1 heterocycles. The van der Waals surface area contributed by atoms with Crippen LogP contribution in [0.5, 0.6) is 0 Å². The Balaban J connectivity index is 2.20. The molecule has 0 fully saturated rings. The number of hydrogen-bond donors (Lipinski definition) is 0. The average Bonchev–Trinajstić information content (AvgIpc) is 3.02. The molecule has 2 nitrogen and oxygen atoms in total. The maximum Gasteiger partial charge on any atom is 0.146 e. The highest BCUT2D eigenvalue weighted by molar-refractivity contribution is 9.13. The first-order valence-electron chi connectivity index (χ1n) is 9.73. The number of imidazole rings is 1. The predicted molar refractivity (Wildman–Crippen MR) is 130 cm³/mol. The number of benzene rings is 3. The van der Waals surface area contributed by atoms with Crippen LogP contribution in [-0.4, -0.2) is 9.55 Å². The van der Waals surface area contributed by atoms with E-state index in [2.05, 4.69) is 120 Å². The van der Waals surface area contributed by atoms with E-state index in [0.29, 0.717) is 0 Å². The van der Waals surface area contributed by atoms with Crippen LogP contribution in [0.4, 0.5) is 0 Å². The van der Waals surface area contributed by atoms with Gasteiger partial charge in [0.05, 0.1) is 21.2 Å². The molecule has 0 spiro atoms. The second-order valence-electron chi connectivity index (χ2n) is 8.53. The van der Waals surface area contributed by atoms with Crippen molar-refractivity contribution in [3.63, 3.8) is 0 Å². The summed E-state index contributed by atoms with van der Waals surface area (Å²) in [6, 6.07) is 19.2. The Kier molecular flexibility index (Phi) is 5.20. The molecule has 1 aromatic heterocycles. The number of rotatable bonds is 2. The molecule has 0 bridgehead atoms. The summed E-state index contributed by atoms with van der Waals surface area (Å²) in [7, 11) is 0. The molecule has 0 atom stereocenters. The van der Waals surface area contributed by atoms with Gasteiger partial charge in [-0.15, -0.1) is 0 Å². The van der Waals surface area contributed by atoms with Gasteiger partial charge in [0.2, 0.25) is 0 Å². The van der Waals surface area contributed by atoms with E-state index in [1.807, 2.05) is 6.07 Å². The highest BCUT2D eigenvalue weighted by atomic mass is 79.9. The summed E-state index contributed by atoms with van der Waals surface area (Å²) >= 11 is 7.46. The molecule has 3 aromatic carbocycles. The quantitative estimate of drug-likeness (QED) is 0.265. The standard InChI is InChI=1S/C25H24Br2N2/c1-15-9-6-10-16(2)21(15)24-28-23-17(25(3,4)5)11-7-14-20(23)29(24)19-13-8-12-18(26)22(19)27/h6-14H,1-5H3. The summed E-state index contributed by atoms with van der Waals surface area (Å²) in [5.41, 5.74) is 8.16. The first-order valence-corrected chi connectivity index (χ1v) is 11.3. The summed E-state index contributed by atoms with van der Waals surface area (Å²) in [6.45, 7) is 11.1. The summed E-state index contributed by atoms with van der Waals surface area (Å²) < 4.78 is 4.33. The Hall–Kier alpha value is -1.91. The average molecular weight is 512 g/mol. The zero-order valence-corrected chi connectivity index (χ0v) is 20.5. The molecule has 0 radical (unpaired) electrons. The fourth-order valence-corrected chi connectivity index (χ4v) is 4.75. The topological polar surface area (TPSA) is 17.8 Å². The maximum atomic E-state index is 5.24. The summed E-state index contributed by atoms with van der Waals surface area (Å²) in [5, 5.41) is 0. The molecule has 0 aliphatic heterocycles. The smallest absolute Gasteiger partial charge is 0.146 e. The Morgan fingerprint density at radius 3 is 2.10 bits per heavy atom. The van der Waals surface area contributed by atoms with Crippen LogP contribution in [0, 0.1) is 13.8 Å². The van der Waals surface area contributed by atoms with Gasteiger partial charge >= 0.3 is 0 Å². The van der Waals surface area contributed by atoms with Crippen molar-refractivity contribution in [3.8, 4) is 17.1 Å². The highest BCUT2D eigenvalue weighted by Crippen LogP contribution is 2.39. The van der Waals surface area contributed by atoms with Crippen LogP contribution < -0.4 is 0 Å². The molecular formula is C25H24Br2N2. The number of aryl methyl sites for hydroxylation is 2. The Bertz CT molecular complexity index is 1210. The minimum absolute atomic E-state index is 0.00520. The van der Waals surface area contributed by atoms with Gasteiger partial charge in [0.15, 0.2) is 0 Å². The van der Waals surface area contributed by atoms with Crippen LogP contribution in [0.2, 0.25) is 0 Å². The van der Waals surface area contributed by atoms with Crippen LogP contribution in [0.3, 0.4) is 0 Å². The number of nitrogens with zero attached hydrogens (tertiary/aromatic N) is 2. The highest BCUT2D eigenvalue weighted by Gasteiger charge is 2.24. The lowest BCUT2D eigenvalue weighted by molar-refractivity contribution is 0.595. The van der Waals surface area contributed by atoms with Gasteiger partial charge in [0, 0.05) is 10.0 Å². The van der Waals surface area contributed by atoms with Gasteiger partial charge in [-0.3, -0.25) is 4.57 Å². The Labute approximate surface area is 189 Å². The first kappa shape index (κ1) is 20.4. The van der Waals surface area contributed by atoms with Crippen LogP contribution >= 0.6 is 31.9 Å². The lowest BCUT2D eigenvalue weighted by atomic mass is 9.86. The molecule has 0 N–H and O–H groups in total. The molecule has 29 heavy (non-hydrogen) atoms. The third-order valence-corrected chi connectivity index (χ3v) is 7.40. The van der Waals surface area contributed by atoms with Gasteiger partial charge in [-0.1, -0.05) is 57.2 Å². The Morgan fingerprint density at radius 1 is 0.828 bits per heavy atom. The SMILES string of the molecule is Cc1cccc(C)c1-c1nc2c(C(C)(C)C)cccc2n1-c1cccc(Br)c1Br. The second-order valence-corrected chi connectivity index (χ2v) is 10.2. The fourth-order valence-electron chi connectivity index (χ4n) is 3.95. The zero-order valence-electron chi connectivity index (χ0n) is 17.3. The number of para-hydroxylation sites is 1. The molecule has 4 rings (SSSR count). The molecule has 0 amide bonds. The van der Waals surface area contributed by atoms with Crippen molar-refractivity contribution in [1.82, 2.24) is 9.55 Å². The van der Waals surface area contributed by atoms with Gasteiger partial charge in [-0.25, -0.2) is 4.98 Å². The molecule has 0 aliphatic carbocycles. The van der Waals surface area contributed by atoms with E-state index in [-0.39, 0.29) is 5.41 Å². The molecule has 0 unspecified atom stereocenters. The molecule has 0 saturated carbocycles. The van der Waals surface area contributed by atoms with E-state index in [1.54, 1.807) is 0 Å². The van der Waals surface area contributed by atoms with Gasteiger partial charge in [0.25, 0.3) is 0 Å². The van der Waals surface area contributed by atoms with E-state index < -0.39 is 0 Å². The van der Waals surface area contributed by atoms with E-state index in [4.69, 9.17) is 4.98 Å². The summed E-state index contributed by atoms with van der Waals surface area (Å²) in [6.07, 6.45) is 0. The lowest BCUT2D eigenvalue weighted by Crippen LogP contribution is -2.11. The van der Waals surface area contributed by atoms with Gasteiger partial charge in [-0.05, 0) is 86.0 Å². The molecule has 148 valence electrons. The van der Waals surface area contributed by atoms with E-state index in [0.717, 1.165) is 31.5 Å². The third kappa shape index (κ3) is 3.47. The molecule has 4 heteroatoms. The summed E-state index contributed by atoms with van der Waals surface area (Å²) in [4.78, 5) is 5.24. The molecule has 0 saturated heterocycles. The van der Waals surface area contributed by atoms with Crippen molar-refractivity contribution in [1.29, 1.82) is 0 Å². The van der Waals surface area contributed by atoms with Crippen molar-refractivity contribution >= 4 is 42.9 Å². The monoisotopic (exact) mass is 510 g/mol. The first-order chi connectivity index (χ1) is 13.7. The number of hydrogen-bond acceptors (Lipinski definition) is 1. The second kappa shape index (κ2) is 7.41. The van der Waals surface area contributed by atoms with Gasteiger partial charge < -0.3 is 0 Å². The third-order valence-electron chi connectivity index (χ3n) is 5.37. The minimum Gasteiger partial charge on any atom is -0.291 e. The molecule has 0 aliphatic rings. The fraction of sp³-hybridized carbons (Fsp3) is 0.240. The van der Waals surface area contributed by atoms with Gasteiger partial charge in [-0.2, -0.15) is 0 Å². The lowest BCUT2D eigenvalue weighted by Gasteiger charge is -2.19. The van der Waals surface area contributed by atoms with Crippen LogP contribution in [0.15, 0.2) is 63.5 Å². The van der Waals surface area contributed by atoms with Gasteiger partial charge in [0.1, 0.15) is 5.82 Å². The predicted octanol–water partition coefficient (Wildman–Crippen LogP) is 8.13. The van der Waals surface area contributed by atoms with Crippen molar-refractivity contribution in [2.75, 3.05) is 0 Å². The van der Waals surface area contributed by atoms with Crippen molar-refractivity contribution in [3.05, 3.63) is 80.2 Å². The van der Waals surface area contributed by atoms with Crippen LogP contribution in [0.25, 0.3) is 28.1 Å². The van der Waals surface area contributed by atoms with E-state index in [1.165, 1.54) is 22.3 Å². The molecular weight excluding hydrogens is 488 g/mol. The number of fused-ring (bicyclic) bond motifs is 1. The van der Waals surface area contributed by atoms with Crippen molar-refractivity contribution < 1.29 is 0 Å². The van der Waals surface area contributed by atoms with E-state index >= 15 is 0 Å². The van der Waals surface area contributed by atoms with Crippen molar-refractivity contribution in [2.24, 2.45) is 0 Å². The summed E-state index contributed by atoms with van der Waals surface area (Å²) in [5.74, 6) is 0.978. The zero-order chi connectivity index (χ0) is 20.9. The number of halogens is 2. The molecule has 4 aromatic rings. The van der Waals surface area contributed by atoms with Crippen LogP contribution in [-0.2, 0) is 5.41 Å². The maximum absolute atomic E-state index is 5.24. The Morgan fingerprint density at radius 2 is 1.45 bits per heavy atom. The minimum atomic E-state index is 0.00520. The largest absolute Gasteiger partial charge is 0.291 e. The normalized spacial score (nSPS) is 12.0. The van der Waals surface area contributed by atoms with Crippen molar-refractivity contribution in [2.45, 2.75) is 40.0 Å². The van der Waals surface area contributed by atoms with Crippen LogP contribution in [0.1, 0.15) is 37.5 Å².